The highest BCUT2D eigenvalue weighted by molar-refractivity contribution is 6.02. The number of phenolic OH excluding ortho intramolecular Hbond substituents is 1. The number of nitrogens with two attached hydrogens (primary N) is 1. The van der Waals surface area contributed by atoms with Crippen molar-refractivity contribution in [2.45, 2.75) is 25.9 Å². The number of carbonyl (C=O) groups is 2. The number of amides is 2. The second-order valence-corrected chi connectivity index (χ2v) is 12.6. The first-order valence-electron chi connectivity index (χ1n) is 15.7. The molecular weight excluding hydrogens is 586 g/mol. The number of carbonyl (C=O) groups excluding carboxylic acids is 2. The highest BCUT2D eigenvalue weighted by atomic mass is 16.3. The second kappa shape index (κ2) is 12.0. The Morgan fingerprint density at radius 3 is 2.34 bits per heavy atom. The fourth-order valence-corrected chi connectivity index (χ4v) is 6.85. The van der Waals surface area contributed by atoms with Gasteiger partial charge in [-0.2, -0.15) is 0 Å². The molecule has 0 saturated heterocycles. The third-order valence-corrected chi connectivity index (χ3v) is 9.15. The molecule has 0 fully saturated rings. The molecule has 3 heterocycles. The fraction of sp³-hybridized carbons (Fsp3) is 0.179. The van der Waals surface area contributed by atoms with Crippen LogP contribution in [-0.4, -0.2) is 62.5 Å². The molecular formula is C39H37N5O3. The molecule has 8 heteroatoms. The van der Waals surface area contributed by atoms with E-state index in [1.165, 1.54) is 11.1 Å². The molecule has 6 aromatic rings. The first kappa shape index (κ1) is 30.1. The Hall–Kier alpha value is -5.60. The van der Waals surface area contributed by atoms with Crippen LogP contribution in [0.1, 0.15) is 37.5 Å². The molecule has 2 aromatic heterocycles. The molecule has 0 bridgehead atoms. The van der Waals surface area contributed by atoms with Crippen LogP contribution in [0.25, 0.3) is 33.4 Å². The van der Waals surface area contributed by atoms with Crippen LogP contribution in [-0.2, 0) is 13.0 Å². The van der Waals surface area contributed by atoms with Gasteiger partial charge < -0.3 is 29.8 Å². The Labute approximate surface area is 273 Å². The molecule has 0 spiro atoms. The lowest BCUT2D eigenvalue weighted by Crippen LogP contribution is -2.49. The number of hydrogen-bond donors (Lipinski definition) is 2. The van der Waals surface area contributed by atoms with Gasteiger partial charge in [0, 0.05) is 65.1 Å². The summed E-state index contributed by atoms with van der Waals surface area (Å²) in [6.07, 6.45) is 4.55. The summed E-state index contributed by atoms with van der Waals surface area (Å²) in [5, 5.41) is 12.2. The zero-order valence-corrected chi connectivity index (χ0v) is 26.7. The quantitative estimate of drug-likeness (QED) is 0.217. The van der Waals surface area contributed by atoms with Gasteiger partial charge in [0.2, 0.25) is 5.91 Å². The number of aryl methyl sites for hydroxylation is 1. The van der Waals surface area contributed by atoms with E-state index in [0.717, 1.165) is 40.9 Å². The van der Waals surface area contributed by atoms with Crippen LogP contribution in [0, 0.1) is 6.92 Å². The van der Waals surface area contributed by atoms with Crippen molar-refractivity contribution in [2.75, 3.05) is 20.6 Å². The molecule has 4 aromatic carbocycles. The van der Waals surface area contributed by atoms with E-state index in [9.17, 15) is 14.7 Å². The van der Waals surface area contributed by atoms with Gasteiger partial charge in [-0.25, -0.2) is 0 Å². The topological polar surface area (TPSA) is 96.7 Å². The molecule has 47 heavy (non-hydrogen) atoms. The van der Waals surface area contributed by atoms with Crippen LogP contribution in [0.5, 0.6) is 5.75 Å². The van der Waals surface area contributed by atoms with Crippen LogP contribution in [0.3, 0.4) is 0 Å². The molecule has 1 atom stereocenters. The standard InChI is InChI=1S/C39H37N5O3/c1-25-18-29(38(40)46)23-43(25)30-12-14-36-27(20-30)16-17-42(36)31-13-15-37(45)35(21-31)33-10-6-7-11-34(33)39(47)44-22-28-9-5-4-8-26(28)19-32(44)24-41(2)3/h4-18,20-21,23,32,45H,19,22,24H2,1-3H3,(H2,40,46)/t32-/m0/s1. The van der Waals surface area contributed by atoms with Crippen molar-refractivity contribution in [3.05, 3.63) is 137 Å². The van der Waals surface area contributed by atoms with Crippen LogP contribution in [0.2, 0.25) is 0 Å². The van der Waals surface area contributed by atoms with Gasteiger partial charge in [0.05, 0.1) is 11.1 Å². The largest absolute Gasteiger partial charge is 0.507 e. The monoisotopic (exact) mass is 623 g/mol. The number of aromatic nitrogens is 2. The summed E-state index contributed by atoms with van der Waals surface area (Å²) in [6.45, 7) is 3.23. The van der Waals surface area contributed by atoms with Gasteiger partial charge in [-0.15, -0.1) is 0 Å². The lowest BCUT2D eigenvalue weighted by Gasteiger charge is -2.38. The van der Waals surface area contributed by atoms with Gasteiger partial charge in [0.15, 0.2) is 0 Å². The molecule has 0 unspecified atom stereocenters. The van der Waals surface area contributed by atoms with Gasteiger partial charge in [-0.05, 0) is 98.7 Å². The Bertz CT molecular complexity index is 2160. The van der Waals surface area contributed by atoms with Crippen molar-refractivity contribution >= 4 is 22.7 Å². The molecule has 1 aliphatic heterocycles. The maximum atomic E-state index is 14.4. The Balaban J connectivity index is 1.25. The number of rotatable bonds is 7. The van der Waals surface area contributed by atoms with Crippen molar-refractivity contribution in [3.8, 4) is 28.3 Å². The summed E-state index contributed by atoms with van der Waals surface area (Å²) in [5.74, 6) is -0.402. The SMILES string of the molecule is Cc1cc(C(N)=O)cn1-c1ccc2c(ccn2-c2ccc(O)c(-c3ccccc3C(=O)N3Cc4ccccc4C[C@H]3CN(C)C)c2)c1. The normalized spacial score (nSPS) is 14.5. The van der Waals surface area contributed by atoms with E-state index in [0.29, 0.717) is 28.8 Å². The first-order valence-corrected chi connectivity index (χ1v) is 15.7. The molecule has 3 N–H and O–H groups in total. The molecule has 236 valence electrons. The molecule has 0 radical (unpaired) electrons. The van der Waals surface area contributed by atoms with E-state index in [-0.39, 0.29) is 17.7 Å². The lowest BCUT2D eigenvalue weighted by molar-refractivity contribution is 0.0607. The van der Waals surface area contributed by atoms with E-state index in [1.54, 1.807) is 18.3 Å². The van der Waals surface area contributed by atoms with Crippen LogP contribution >= 0.6 is 0 Å². The zero-order chi connectivity index (χ0) is 32.8. The maximum Gasteiger partial charge on any atom is 0.255 e. The summed E-state index contributed by atoms with van der Waals surface area (Å²) >= 11 is 0. The summed E-state index contributed by atoms with van der Waals surface area (Å²) in [6, 6.07) is 31.4. The van der Waals surface area contributed by atoms with Gasteiger partial charge in [0.25, 0.3) is 5.91 Å². The number of aromatic hydroxyl groups is 1. The van der Waals surface area contributed by atoms with Gasteiger partial charge in [-0.3, -0.25) is 9.59 Å². The fourth-order valence-electron chi connectivity index (χ4n) is 6.85. The van der Waals surface area contributed by atoms with Gasteiger partial charge in [-0.1, -0.05) is 42.5 Å². The lowest BCUT2D eigenvalue weighted by atomic mass is 9.91. The highest BCUT2D eigenvalue weighted by Crippen LogP contribution is 2.36. The molecule has 8 nitrogen and oxygen atoms in total. The summed E-state index contributed by atoms with van der Waals surface area (Å²) in [7, 11) is 4.07. The number of fused-ring (bicyclic) bond motifs is 2. The van der Waals surface area contributed by atoms with Crippen molar-refractivity contribution in [1.82, 2.24) is 18.9 Å². The minimum Gasteiger partial charge on any atom is -0.507 e. The van der Waals surface area contributed by atoms with E-state index in [2.05, 4.69) is 33.7 Å². The van der Waals surface area contributed by atoms with Crippen LogP contribution < -0.4 is 5.73 Å². The predicted octanol–water partition coefficient (Wildman–Crippen LogP) is 6.33. The Morgan fingerprint density at radius 1 is 0.851 bits per heavy atom. The number of phenols is 1. The zero-order valence-electron chi connectivity index (χ0n) is 26.7. The smallest absolute Gasteiger partial charge is 0.255 e. The molecule has 0 saturated carbocycles. The summed E-state index contributed by atoms with van der Waals surface area (Å²) < 4.78 is 4.02. The third kappa shape index (κ3) is 5.57. The minimum absolute atomic E-state index is 0.0224. The third-order valence-electron chi connectivity index (χ3n) is 9.15. The number of primary amides is 1. The van der Waals surface area contributed by atoms with Gasteiger partial charge >= 0.3 is 0 Å². The first-order chi connectivity index (χ1) is 22.7. The number of nitrogens with zero attached hydrogens (tertiary/aromatic N) is 4. The van der Waals surface area contributed by atoms with Crippen LogP contribution in [0.4, 0.5) is 0 Å². The van der Waals surface area contributed by atoms with Crippen LogP contribution in [0.15, 0.2) is 109 Å². The number of hydrogen-bond acceptors (Lipinski definition) is 4. The molecule has 2 amide bonds. The predicted molar refractivity (Wildman–Crippen MR) is 185 cm³/mol. The van der Waals surface area contributed by atoms with E-state index >= 15 is 0 Å². The summed E-state index contributed by atoms with van der Waals surface area (Å²) in [4.78, 5) is 30.2. The van der Waals surface area contributed by atoms with E-state index in [1.807, 2.05) is 97.3 Å². The van der Waals surface area contributed by atoms with Crippen molar-refractivity contribution in [2.24, 2.45) is 5.73 Å². The average Bonchev–Trinajstić information content (AvgIpc) is 3.67. The molecule has 7 rings (SSSR count). The summed E-state index contributed by atoms with van der Waals surface area (Å²) in [5.41, 5.74) is 13.9. The van der Waals surface area contributed by atoms with Crippen molar-refractivity contribution in [3.63, 3.8) is 0 Å². The van der Waals surface area contributed by atoms with Gasteiger partial charge in [0.1, 0.15) is 5.75 Å². The average molecular weight is 624 g/mol. The maximum absolute atomic E-state index is 14.4. The van der Waals surface area contributed by atoms with E-state index < -0.39 is 5.91 Å². The number of likely N-dealkylation sites (N-methyl/N-ethyl adjacent to an activating group) is 1. The Morgan fingerprint density at radius 2 is 1.57 bits per heavy atom. The van der Waals surface area contributed by atoms with E-state index in [4.69, 9.17) is 5.73 Å². The number of benzene rings is 4. The molecule has 1 aliphatic rings. The second-order valence-electron chi connectivity index (χ2n) is 12.6. The molecule has 0 aliphatic carbocycles. The minimum atomic E-state index is -0.458. The van der Waals surface area contributed by atoms with Crippen molar-refractivity contribution < 1.29 is 14.7 Å². The Kier molecular flexibility index (Phi) is 7.66. The van der Waals surface area contributed by atoms with Crippen molar-refractivity contribution in [1.29, 1.82) is 0 Å². The highest BCUT2D eigenvalue weighted by Gasteiger charge is 2.32.